The summed E-state index contributed by atoms with van der Waals surface area (Å²) in [7, 11) is 0. The fourth-order valence-electron chi connectivity index (χ4n) is 3.27. The molecule has 5 unspecified atom stereocenters. The first-order valence-corrected chi connectivity index (χ1v) is 7.71. The van der Waals surface area contributed by atoms with Gasteiger partial charge in [0.2, 0.25) is 0 Å². The fourth-order valence-corrected chi connectivity index (χ4v) is 3.27. The third kappa shape index (κ3) is 5.24. The number of ether oxygens (including phenoxy) is 1. The van der Waals surface area contributed by atoms with Crippen molar-refractivity contribution in [3.63, 3.8) is 0 Å². The van der Waals surface area contributed by atoms with Crippen LogP contribution in [0, 0.1) is 11.8 Å². The molecule has 0 aromatic rings. The molecule has 0 aliphatic carbocycles. The van der Waals surface area contributed by atoms with E-state index in [1.165, 1.54) is 0 Å². The van der Waals surface area contributed by atoms with Crippen molar-refractivity contribution in [2.75, 3.05) is 6.54 Å². The Labute approximate surface area is 120 Å². The monoisotopic (exact) mass is 295 g/mol. The average Bonchev–Trinajstić information content (AvgIpc) is 2.57. The molecule has 1 heterocycles. The van der Waals surface area contributed by atoms with E-state index in [1.54, 1.807) is 0 Å². The smallest absolute Gasteiger partial charge is 0.375 e. The lowest BCUT2D eigenvalue weighted by atomic mass is 9.81. The number of hydrogen-bond donors (Lipinski definition) is 1. The Hall–Kier alpha value is -0.290. The van der Waals surface area contributed by atoms with Crippen LogP contribution in [-0.4, -0.2) is 31.0 Å². The van der Waals surface area contributed by atoms with E-state index < -0.39 is 12.6 Å². The van der Waals surface area contributed by atoms with E-state index in [9.17, 15) is 13.2 Å². The Kier molecular flexibility index (Phi) is 6.79. The Morgan fingerprint density at radius 3 is 2.25 bits per heavy atom. The molecule has 5 heteroatoms. The van der Waals surface area contributed by atoms with Crippen LogP contribution in [0.5, 0.6) is 0 Å². The Morgan fingerprint density at radius 2 is 1.80 bits per heavy atom. The Balaban J connectivity index is 2.59. The summed E-state index contributed by atoms with van der Waals surface area (Å²) in [5.74, 6) is 0.676. The van der Waals surface area contributed by atoms with E-state index in [0.29, 0.717) is 18.3 Å². The molecule has 0 amide bonds. The van der Waals surface area contributed by atoms with Crippen molar-refractivity contribution >= 4 is 0 Å². The second-order valence-electron chi connectivity index (χ2n) is 6.05. The summed E-state index contributed by atoms with van der Waals surface area (Å²) in [6, 6.07) is 0.118. The summed E-state index contributed by atoms with van der Waals surface area (Å²) < 4.78 is 42.7. The van der Waals surface area contributed by atoms with E-state index in [4.69, 9.17) is 4.74 Å². The first-order chi connectivity index (χ1) is 9.26. The van der Waals surface area contributed by atoms with Gasteiger partial charge in [-0.15, -0.1) is 0 Å². The summed E-state index contributed by atoms with van der Waals surface area (Å²) in [4.78, 5) is 0. The van der Waals surface area contributed by atoms with Crippen molar-refractivity contribution in [2.24, 2.45) is 11.8 Å². The SMILES string of the molecule is CCCNC(CCCC(F)(F)F)C1C(C)OC(C)C1C. The van der Waals surface area contributed by atoms with Crippen LogP contribution in [0.1, 0.15) is 53.4 Å². The highest BCUT2D eigenvalue weighted by Gasteiger charge is 2.41. The minimum absolute atomic E-state index is 0.111. The number of rotatable bonds is 7. The lowest BCUT2D eigenvalue weighted by Crippen LogP contribution is -2.42. The van der Waals surface area contributed by atoms with Crippen LogP contribution in [0.15, 0.2) is 0 Å². The van der Waals surface area contributed by atoms with Crippen LogP contribution in [0.25, 0.3) is 0 Å². The van der Waals surface area contributed by atoms with Crippen LogP contribution >= 0.6 is 0 Å². The molecule has 0 saturated carbocycles. The predicted molar refractivity (Wildman–Crippen MR) is 74.7 cm³/mol. The first-order valence-electron chi connectivity index (χ1n) is 7.71. The van der Waals surface area contributed by atoms with E-state index in [0.717, 1.165) is 13.0 Å². The molecule has 5 atom stereocenters. The molecular weight excluding hydrogens is 267 g/mol. The molecule has 0 aromatic carbocycles. The normalized spacial score (nSPS) is 32.5. The molecule has 120 valence electrons. The van der Waals surface area contributed by atoms with E-state index in [1.807, 2.05) is 13.8 Å². The molecule has 0 spiro atoms. The van der Waals surface area contributed by atoms with Gasteiger partial charge < -0.3 is 10.1 Å². The van der Waals surface area contributed by atoms with Crippen molar-refractivity contribution in [3.8, 4) is 0 Å². The van der Waals surface area contributed by atoms with E-state index in [2.05, 4.69) is 19.2 Å². The van der Waals surface area contributed by atoms with Crippen molar-refractivity contribution in [1.29, 1.82) is 0 Å². The molecule has 0 aromatic heterocycles. The number of halogens is 3. The molecule has 1 N–H and O–H groups in total. The lowest BCUT2D eigenvalue weighted by molar-refractivity contribution is -0.136. The lowest BCUT2D eigenvalue weighted by Gasteiger charge is -2.30. The molecule has 1 saturated heterocycles. The summed E-state index contributed by atoms with van der Waals surface area (Å²) in [5, 5.41) is 3.43. The van der Waals surface area contributed by atoms with Crippen molar-refractivity contribution < 1.29 is 17.9 Å². The van der Waals surface area contributed by atoms with Gasteiger partial charge in [-0.05, 0) is 45.6 Å². The molecule has 20 heavy (non-hydrogen) atoms. The highest BCUT2D eigenvalue weighted by Crippen LogP contribution is 2.36. The summed E-state index contributed by atoms with van der Waals surface area (Å²) in [6.45, 7) is 9.15. The minimum Gasteiger partial charge on any atom is -0.375 e. The molecule has 2 nitrogen and oxygen atoms in total. The predicted octanol–water partition coefficient (Wildman–Crippen LogP) is 4.15. The molecule has 0 radical (unpaired) electrons. The molecule has 1 aliphatic heterocycles. The average molecular weight is 295 g/mol. The van der Waals surface area contributed by atoms with Gasteiger partial charge >= 0.3 is 6.18 Å². The van der Waals surface area contributed by atoms with Gasteiger partial charge in [-0.2, -0.15) is 13.2 Å². The second-order valence-corrected chi connectivity index (χ2v) is 6.05. The first kappa shape index (κ1) is 17.8. The van der Waals surface area contributed by atoms with Gasteiger partial charge in [-0.1, -0.05) is 13.8 Å². The number of alkyl halides is 3. The molecule has 1 rings (SSSR count). The maximum atomic E-state index is 12.3. The minimum atomic E-state index is -4.05. The standard InChI is InChI=1S/C15H28F3NO/c1-5-9-19-13(7-6-8-15(16,17)18)14-10(2)11(3)20-12(14)4/h10-14,19H,5-9H2,1-4H3. The van der Waals surface area contributed by atoms with Gasteiger partial charge in [0, 0.05) is 18.4 Å². The maximum absolute atomic E-state index is 12.3. The van der Waals surface area contributed by atoms with Crippen LogP contribution in [0.4, 0.5) is 13.2 Å². The largest absolute Gasteiger partial charge is 0.389 e. The van der Waals surface area contributed by atoms with Gasteiger partial charge in [0.05, 0.1) is 12.2 Å². The van der Waals surface area contributed by atoms with Crippen LogP contribution in [0.2, 0.25) is 0 Å². The van der Waals surface area contributed by atoms with Gasteiger partial charge in [0.25, 0.3) is 0 Å². The molecule has 1 aliphatic rings. The van der Waals surface area contributed by atoms with Gasteiger partial charge in [-0.25, -0.2) is 0 Å². The zero-order valence-corrected chi connectivity index (χ0v) is 13.0. The second kappa shape index (κ2) is 7.64. The van der Waals surface area contributed by atoms with Crippen molar-refractivity contribution in [2.45, 2.75) is 77.8 Å². The summed E-state index contributed by atoms with van der Waals surface area (Å²) in [5.41, 5.74) is 0. The van der Waals surface area contributed by atoms with Gasteiger partial charge in [0.15, 0.2) is 0 Å². The third-order valence-electron chi connectivity index (χ3n) is 4.42. The Bertz CT molecular complexity index is 283. The van der Waals surface area contributed by atoms with Crippen molar-refractivity contribution in [3.05, 3.63) is 0 Å². The quantitative estimate of drug-likeness (QED) is 0.762. The molecular formula is C15H28F3NO. The zero-order valence-electron chi connectivity index (χ0n) is 13.0. The highest BCUT2D eigenvalue weighted by molar-refractivity contribution is 4.91. The van der Waals surface area contributed by atoms with E-state index >= 15 is 0 Å². The fraction of sp³-hybridized carbons (Fsp3) is 1.00. The summed E-state index contributed by atoms with van der Waals surface area (Å²) >= 11 is 0. The summed E-state index contributed by atoms with van der Waals surface area (Å²) in [6.07, 6.45) is -2.70. The molecule has 0 bridgehead atoms. The van der Waals surface area contributed by atoms with E-state index in [-0.39, 0.29) is 24.7 Å². The number of nitrogens with one attached hydrogen (secondary N) is 1. The molecule has 1 fully saturated rings. The van der Waals surface area contributed by atoms with Crippen LogP contribution in [-0.2, 0) is 4.74 Å². The third-order valence-corrected chi connectivity index (χ3v) is 4.42. The zero-order chi connectivity index (χ0) is 15.3. The van der Waals surface area contributed by atoms with Crippen molar-refractivity contribution in [1.82, 2.24) is 5.32 Å². The van der Waals surface area contributed by atoms with Crippen LogP contribution < -0.4 is 5.32 Å². The highest BCUT2D eigenvalue weighted by atomic mass is 19.4. The van der Waals surface area contributed by atoms with Gasteiger partial charge in [-0.3, -0.25) is 0 Å². The topological polar surface area (TPSA) is 21.3 Å². The number of hydrogen-bond acceptors (Lipinski definition) is 2. The maximum Gasteiger partial charge on any atom is 0.389 e. The van der Waals surface area contributed by atoms with Gasteiger partial charge in [0.1, 0.15) is 0 Å². The Morgan fingerprint density at radius 1 is 1.15 bits per heavy atom. The van der Waals surface area contributed by atoms with Crippen LogP contribution in [0.3, 0.4) is 0 Å².